The predicted molar refractivity (Wildman–Crippen MR) is 80.6 cm³/mol. The van der Waals surface area contributed by atoms with Crippen molar-refractivity contribution in [3.8, 4) is 5.75 Å². The van der Waals surface area contributed by atoms with Gasteiger partial charge in [-0.1, -0.05) is 44.7 Å². The molecule has 1 aliphatic rings. The van der Waals surface area contributed by atoms with Gasteiger partial charge >= 0.3 is 0 Å². The zero-order valence-corrected chi connectivity index (χ0v) is 12.3. The maximum atomic E-state index is 5.25. The molecule has 0 aromatic heterocycles. The van der Waals surface area contributed by atoms with Crippen LogP contribution in [0.1, 0.15) is 57.1 Å². The Balaban J connectivity index is 2.12. The lowest BCUT2D eigenvalue weighted by Crippen LogP contribution is -2.28. The molecule has 2 heteroatoms. The Morgan fingerprint density at radius 2 is 1.74 bits per heavy atom. The summed E-state index contributed by atoms with van der Waals surface area (Å²) in [4.78, 5) is 0. The summed E-state index contributed by atoms with van der Waals surface area (Å²) in [6.07, 6.45) is 8.34. The van der Waals surface area contributed by atoms with Gasteiger partial charge in [0.2, 0.25) is 0 Å². The molecule has 2 rings (SSSR count). The van der Waals surface area contributed by atoms with Crippen molar-refractivity contribution in [3.63, 3.8) is 0 Å². The number of hydrogen-bond acceptors (Lipinski definition) is 2. The van der Waals surface area contributed by atoms with Gasteiger partial charge in [0.15, 0.2) is 0 Å². The van der Waals surface area contributed by atoms with Crippen LogP contribution in [0, 0.1) is 5.92 Å². The standard InChI is InChI=1S/C17H27NO/c1-3-18-17(14-8-6-4-5-7-9-14)15-10-12-16(19-2)13-11-15/h10-14,17-18H,3-9H2,1-2H3. The minimum Gasteiger partial charge on any atom is -0.497 e. The minimum absolute atomic E-state index is 0.508. The van der Waals surface area contributed by atoms with Gasteiger partial charge < -0.3 is 10.1 Å². The van der Waals surface area contributed by atoms with Gasteiger partial charge in [0.05, 0.1) is 7.11 Å². The summed E-state index contributed by atoms with van der Waals surface area (Å²) in [5.74, 6) is 1.73. The van der Waals surface area contributed by atoms with Crippen molar-refractivity contribution in [3.05, 3.63) is 29.8 Å². The van der Waals surface area contributed by atoms with E-state index in [1.165, 1.54) is 44.1 Å². The molecule has 1 N–H and O–H groups in total. The fourth-order valence-electron chi connectivity index (χ4n) is 3.23. The van der Waals surface area contributed by atoms with E-state index in [0.29, 0.717) is 6.04 Å². The molecule has 1 unspecified atom stereocenters. The molecule has 1 aromatic rings. The van der Waals surface area contributed by atoms with Gasteiger partial charge in [-0.15, -0.1) is 0 Å². The summed E-state index contributed by atoms with van der Waals surface area (Å²) in [7, 11) is 1.72. The highest BCUT2D eigenvalue weighted by atomic mass is 16.5. The van der Waals surface area contributed by atoms with Crippen LogP contribution in [0.2, 0.25) is 0 Å². The molecule has 1 saturated carbocycles. The smallest absolute Gasteiger partial charge is 0.118 e. The van der Waals surface area contributed by atoms with Crippen molar-refractivity contribution >= 4 is 0 Å². The molecule has 1 aromatic carbocycles. The Bertz CT molecular complexity index is 352. The molecule has 1 atom stereocenters. The second kappa shape index (κ2) is 7.54. The first-order chi connectivity index (χ1) is 9.35. The van der Waals surface area contributed by atoms with Gasteiger partial charge in [0, 0.05) is 6.04 Å². The van der Waals surface area contributed by atoms with E-state index in [1.807, 2.05) is 0 Å². The van der Waals surface area contributed by atoms with Gasteiger partial charge in [0.1, 0.15) is 5.75 Å². The van der Waals surface area contributed by atoms with Gasteiger partial charge in [-0.3, -0.25) is 0 Å². The van der Waals surface area contributed by atoms with Crippen LogP contribution in [-0.4, -0.2) is 13.7 Å². The highest BCUT2D eigenvalue weighted by Crippen LogP contribution is 2.34. The quantitative estimate of drug-likeness (QED) is 0.797. The molecule has 0 radical (unpaired) electrons. The van der Waals surface area contributed by atoms with Crippen molar-refractivity contribution in [1.82, 2.24) is 5.32 Å². The molecule has 0 bridgehead atoms. The second-order valence-electron chi connectivity index (χ2n) is 5.56. The van der Waals surface area contributed by atoms with E-state index in [0.717, 1.165) is 18.2 Å². The van der Waals surface area contributed by atoms with Crippen LogP contribution in [0.5, 0.6) is 5.75 Å². The lowest BCUT2D eigenvalue weighted by atomic mass is 9.87. The number of methoxy groups -OCH3 is 1. The first-order valence-corrected chi connectivity index (χ1v) is 7.72. The molecule has 0 amide bonds. The van der Waals surface area contributed by atoms with Crippen LogP contribution in [0.15, 0.2) is 24.3 Å². The maximum Gasteiger partial charge on any atom is 0.118 e. The Morgan fingerprint density at radius 3 is 2.26 bits per heavy atom. The molecule has 0 heterocycles. The molecule has 2 nitrogen and oxygen atoms in total. The van der Waals surface area contributed by atoms with Crippen molar-refractivity contribution in [1.29, 1.82) is 0 Å². The van der Waals surface area contributed by atoms with Gasteiger partial charge in [-0.2, -0.15) is 0 Å². The van der Waals surface area contributed by atoms with E-state index in [2.05, 4.69) is 36.5 Å². The van der Waals surface area contributed by atoms with Crippen LogP contribution in [0.25, 0.3) is 0 Å². The SMILES string of the molecule is CCNC(c1ccc(OC)cc1)C1CCCCCC1. The first kappa shape index (κ1) is 14.4. The molecule has 1 aliphatic carbocycles. The lowest BCUT2D eigenvalue weighted by Gasteiger charge is -2.27. The van der Waals surface area contributed by atoms with Crippen molar-refractivity contribution < 1.29 is 4.74 Å². The van der Waals surface area contributed by atoms with Crippen molar-refractivity contribution in [2.45, 2.75) is 51.5 Å². The topological polar surface area (TPSA) is 21.3 Å². The van der Waals surface area contributed by atoms with Crippen LogP contribution in [0.4, 0.5) is 0 Å². The fourth-order valence-corrected chi connectivity index (χ4v) is 3.23. The van der Waals surface area contributed by atoms with Crippen LogP contribution < -0.4 is 10.1 Å². The average molecular weight is 261 g/mol. The third kappa shape index (κ3) is 3.97. The van der Waals surface area contributed by atoms with Gasteiger partial charge in [-0.25, -0.2) is 0 Å². The summed E-state index contributed by atoms with van der Waals surface area (Å²) in [5.41, 5.74) is 1.41. The molecule has 1 fully saturated rings. The summed E-state index contributed by atoms with van der Waals surface area (Å²) in [6.45, 7) is 3.24. The molecule has 0 aliphatic heterocycles. The Labute approximate surface area is 117 Å². The molecule has 19 heavy (non-hydrogen) atoms. The lowest BCUT2D eigenvalue weighted by molar-refractivity contribution is 0.329. The van der Waals surface area contributed by atoms with Gasteiger partial charge in [0.25, 0.3) is 0 Å². The zero-order valence-electron chi connectivity index (χ0n) is 12.3. The molecule has 106 valence electrons. The number of benzene rings is 1. The third-order valence-corrected chi connectivity index (χ3v) is 4.27. The monoisotopic (exact) mass is 261 g/mol. The van der Waals surface area contributed by atoms with E-state index in [1.54, 1.807) is 7.11 Å². The van der Waals surface area contributed by atoms with Crippen LogP contribution >= 0.6 is 0 Å². The van der Waals surface area contributed by atoms with Crippen molar-refractivity contribution in [2.24, 2.45) is 5.92 Å². The highest BCUT2D eigenvalue weighted by Gasteiger charge is 2.23. The average Bonchev–Trinajstić information content (AvgIpc) is 2.74. The molecule has 0 saturated heterocycles. The highest BCUT2D eigenvalue weighted by molar-refractivity contribution is 5.29. The van der Waals surface area contributed by atoms with E-state index < -0.39 is 0 Å². The largest absolute Gasteiger partial charge is 0.497 e. The fraction of sp³-hybridized carbons (Fsp3) is 0.647. The maximum absolute atomic E-state index is 5.25. The van der Waals surface area contributed by atoms with Crippen molar-refractivity contribution in [2.75, 3.05) is 13.7 Å². The van der Waals surface area contributed by atoms with Crippen LogP contribution in [-0.2, 0) is 0 Å². The molecular weight excluding hydrogens is 234 g/mol. The predicted octanol–water partition coefficient (Wildman–Crippen LogP) is 4.32. The Morgan fingerprint density at radius 1 is 1.11 bits per heavy atom. The number of rotatable bonds is 5. The molecule has 0 spiro atoms. The normalized spacial score (nSPS) is 18.8. The van der Waals surface area contributed by atoms with Gasteiger partial charge in [-0.05, 0) is 43.0 Å². The van der Waals surface area contributed by atoms with E-state index in [9.17, 15) is 0 Å². The van der Waals surface area contributed by atoms with E-state index in [4.69, 9.17) is 4.74 Å². The second-order valence-corrected chi connectivity index (χ2v) is 5.56. The minimum atomic E-state index is 0.508. The van der Waals surface area contributed by atoms with E-state index >= 15 is 0 Å². The number of hydrogen-bond donors (Lipinski definition) is 1. The van der Waals surface area contributed by atoms with Crippen LogP contribution in [0.3, 0.4) is 0 Å². The van der Waals surface area contributed by atoms with E-state index in [-0.39, 0.29) is 0 Å². The number of nitrogens with one attached hydrogen (secondary N) is 1. The number of ether oxygens (including phenoxy) is 1. The Hall–Kier alpha value is -1.02. The summed E-state index contributed by atoms with van der Waals surface area (Å²) in [6, 6.07) is 9.11. The first-order valence-electron chi connectivity index (χ1n) is 7.72. The summed E-state index contributed by atoms with van der Waals surface area (Å²) < 4.78 is 5.25. The molecular formula is C17H27NO. The zero-order chi connectivity index (χ0) is 13.5. The Kier molecular flexibility index (Phi) is 5.71. The summed E-state index contributed by atoms with van der Waals surface area (Å²) >= 11 is 0. The summed E-state index contributed by atoms with van der Waals surface area (Å²) in [5, 5.41) is 3.69. The third-order valence-electron chi connectivity index (χ3n) is 4.27.